The van der Waals surface area contributed by atoms with Crippen LogP contribution in [0.3, 0.4) is 0 Å². The van der Waals surface area contributed by atoms with Crippen LogP contribution < -0.4 is 0 Å². The monoisotopic (exact) mass is 228 g/mol. The first-order valence-electron chi connectivity index (χ1n) is 4.35. The van der Waals surface area contributed by atoms with Gasteiger partial charge in [0.1, 0.15) is 0 Å². The minimum atomic E-state index is -3.48. The molecule has 1 unspecified atom stereocenters. The van der Waals surface area contributed by atoms with Crippen molar-refractivity contribution in [2.45, 2.75) is 38.2 Å². The summed E-state index contributed by atoms with van der Waals surface area (Å²) in [6, 6.07) is 0. The Labute approximate surface area is 83.3 Å². The Morgan fingerprint density at radius 2 is 1.92 bits per heavy atom. The number of hydrogen-bond donors (Lipinski definition) is 0. The molecule has 1 saturated carbocycles. The summed E-state index contributed by atoms with van der Waals surface area (Å²) < 4.78 is 25.3. The molecule has 13 heavy (non-hydrogen) atoms. The lowest BCUT2D eigenvalue weighted by molar-refractivity contribution is 0.0994. The second-order valence-corrected chi connectivity index (χ2v) is 5.09. The second kappa shape index (κ2) is 5.32. The molecule has 0 aromatic carbocycles. The fourth-order valence-electron chi connectivity index (χ4n) is 1.44. The first kappa shape index (κ1) is 11.5. The minimum absolute atomic E-state index is 0.0433. The highest BCUT2D eigenvalue weighted by atomic mass is 35.5. The van der Waals surface area contributed by atoms with Crippen molar-refractivity contribution in [3.63, 3.8) is 0 Å². The van der Waals surface area contributed by atoms with E-state index in [1.165, 1.54) is 13.5 Å². The van der Waals surface area contributed by atoms with Crippen molar-refractivity contribution < 1.29 is 17.7 Å². The molecule has 1 atom stereocenters. The molecule has 78 valence electrons. The van der Waals surface area contributed by atoms with Crippen molar-refractivity contribution in [1.82, 2.24) is 0 Å². The Morgan fingerprint density at radius 3 is 2.38 bits per heavy atom. The Balaban J connectivity index is 2.40. The molecule has 0 N–H and O–H groups in total. The van der Waals surface area contributed by atoms with Crippen LogP contribution in [0.25, 0.3) is 0 Å². The van der Waals surface area contributed by atoms with Crippen LogP contribution in [0.1, 0.15) is 32.1 Å². The molecule has 6 heteroatoms. The zero-order valence-corrected chi connectivity index (χ0v) is 9.22. The second-order valence-electron chi connectivity index (χ2n) is 3.06. The van der Waals surface area contributed by atoms with E-state index < -0.39 is 7.82 Å². The van der Waals surface area contributed by atoms with Gasteiger partial charge in [0, 0.05) is 7.11 Å². The summed E-state index contributed by atoms with van der Waals surface area (Å²) in [7, 11) is -2.23. The standard InChI is InChI=1S/C7H14ClO4P/c1-10-13(9,12-8)11-7-5-3-2-4-6-7/h7H,2-6H2,1H3. The fourth-order valence-corrected chi connectivity index (χ4v) is 2.46. The van der Waals surface area contributed by atoms with Crippen molar-refractivity contribution in [3.8, 4) is 0 Å². The van der Waals surface area contributed by atoms with Crippen LogP contribution in [-0.4, -0.2) is 13.2 Å². The van der Waals surface area contributed by atoms with Gasteiger partial charge < -0.3 is 0 Å². The van der Waals surface area contributed by atoms with Gasteiger partial charge in [-0.25, -0.2) is 4.57 Å². The third kappa shape index (κ3) is 3.56. The normalized spacial score (nSPS) is 24.2. The summed E-state index contributed by atoms with van der Waals surface area (Å²) in [5.41, 5.74) is 0. The lowest BCUT2D eigenvalue weighted by atomic mass is 9.98. The molecule has 0 radical (unpaired) electrons. The average molecular weight is 229 g/mol. The van der Waals surface area contributed by atoms with Crippen molar-refractivity contribution >= 4 is 19.7 Å². The lowest BCUT2D eigenvalue weighted by Gasteiger charge is -2.23. The minimum Gasteiger partial charge on any atom is -0.289 e. The number of phosphoric acid groups is 1. The molecule has 1 aliphatic carbocycles. The summed E-state index contributed by atoms with van der Waals surface area (Å²) >= 11 is 5.01. The van der Waals surface area contributed by atoms with E-state index in [-0.39, 0.29) is 6.10 Å². The quantitative estimate of drug-likeness (QED) is 0.693. The zero-order chi connectivity index (χ0) is 9.73. The maximum Gasteiger partial charge on any atom is 0.491 e. The number of hydrogen-bond acceptors (Lipinski definition) is 4. The van der Waals surface area contributed by atoms with E-state index in [0.29, 0.717) is 0 Å². The van der Waals surface area contributed by atoms with Crippen molar-refractivity contribution in [1.29, 1.82) is 0 Å². The lowest BCUT2D eigenvalue weighted by Crippen LogP contribution is -2.15. The van der Waals surface area contributed by atoms with Gasteiger partial charge in [0.25, 0.3) is 0 Å². The van der Waals surface area contributed by atoms with E-state index >= 15 is 0 Å². The molecule has 1 fully saturated rings. The van der Waals surface area contributed by atoms with Crippen molar-refractivity contribution in [2.75, 3.05) is 7.11 Å². The van der Waals surface area contributed by atoms with Crippen molar-refractivity contribution in [2.24, 2.45) is 0 Å². The van der Waals surface area contributed by atoms with E-state index in [9.17, 15) is 4.57 Å². The van der Waals surface area contributed by atoms with Gasteiger partial charge in [-0.2, -0.15) is 4.08 Å². The van der Waals surface area contributed by atoms with Gasteiger partial charge in [0.2, 0.25) is 0 Å². The van der Waals surface area contributed by atoms with Crippen LogP contribution in [0.2, 0.25) is 0 Å². The van der Waals surface area contributed by atoms with Crippen LogP contribution in [0.4, 0.5) is 0 Å². The maximum atomic E-state index is 11.4. The summed E-state index contributed by atoms with van der Waals surface area (Å²) in [6.07, 6.45) is 5.14. The molecular formula is C7H14ClO4P. The first-order chi connectivity index (χ1) is 6.20. The molecule has 0 amide bonds. The van der Waals surface area contributed by atoms with Crippen LogP contribution in [0.5, 0.6) is 0 Å². The van der Waals surface area contributed by atoms with Crippen LogP contribution in [0.15, 0.2) is 0 Å². The van der Waals surface area contributed by atoms with E-state index in [0.717, 1.165) is 25.7 Å². The molecule has 4 nitrogen and oxygen atoms in total. The molecule has 0 aliphatic heterocycles. The number of phosphoric ester groups is 1. The fraction of sp³-hybridized carbons (Fsp3) is 1.00. The Bertz CT molecular complexity index is 185. The van der Waals surface area contributed by atoms with Crippen molar-refractivity contribution in [3.05, 3.63) is 0 Å². The maximum absolute atomic E-state index is 11.4. The molecule has 0 heterocycles. The first-order valence-corrected chi connectivity index (χ1v) is 6.11. The summed E-state index contributed by atoms with van der Waals surface area (Å²) in [6.45, 7) is 0. The van der Waals surface area contributed by atoms with Gasteiger partial charge in [0.05, 0.1) is 18.0 Å². The van der Waals surface area contributed by atoms with E-state index in [4.69, 9.17) is 16.4 Å². The zero-order valence-electron chi connectivity index (χ0n) is 7.57. The molecule has 0 bridgehead atoms. The molecule has 1 rings (SSSR count). The van der Waals surface area contributed by atoms with Crippen LogP contribution in [0, 0.1) is 0 Å². The molecule has 1 aliphatic rings. The summed E-state index contributed by atoms with van der Waals surface area (Å²) in [5.74, 6) is 0. The Hall–Kier alpha value is 0.400. The third-order valence-corrected chi connectivity index (χ3v) is 3.82. The van der Waals surface area contributed by atoms with Gasteiger partial charge in [-0.15, -0.1) is 0 Å². The topological polar surface area (TPSA) is 44.8 Å². The van der Waals surface area contributed by atoms with Gasteiger partial charge in [-0.05, 0) is 12.8 Å². The predicted molar refractivity (Wildman–Crippen MR) is 49.5 cm³/mol. The number of rotatable bonds is 4. The van der Waals surface area contributed by atoms with E-state index in [2.05, 4.69) is 8.60 Å². The van der Waals surface area contributed by atoms with Gasteiger partial charge in [-0.3, -0.25) is 9.05 Å². The average Bonchev–Trinajstić information content (AvgIpc) is 2.19. The van der Waals surface area contributed by atoms with Crippen LogP contribution in [-0.2, 0) is 17.7 Å². The predicted octanol–water partition coefficient (Wildman–Crippen LogP) is 3.26. The number of halogens is 1. The van der Waals surface area contributed by atoms with Gasteiger partial charge in [-0.1, -0.05) is 19.3 Å². The molecule has 0 aromatic rings. The summed E-state index contributed by atoms with van der Waals surface area (Å²) in [4.78, 5) is 0. The highest BCUT2D eigenvalue weighted by Gasteiger charge is 2.30. The largest absolute Gasteiger partial charge is 0.491 e. The molecule has 0 spiro atoms. The molecule has 0 saturated heterocycles. The van der Waals surface area contributed by atoms with Gasteiger partial charge in [0.15, 0.2) is 0 Å². The highest BCUT2D eigenvalue weighted by Crippen LogP contribution is 2.52. The van der Waals surface area contributed by atoms with Gasteiger partial charge >= 0.3 is 7.82 Å². The SMILES string of the molecule is COP(=O)(OCl)OC1CCCCC1. The third-order valence-electron chi connectivity index (χ3n) is 2.14. The smallest absolute Gasteiger partial charge is 0.289 e. The Kier molecular flexibility index (Phi) is 4.70. The van der Waals surface area contributed by atoms with E-state index in [1.54, 1.807) is 0 Å². The van der Waals surface area contributed by atoms with Crippen LogP contribution >= 0.6 is 19.7 Å². The summed E-state index contributed by atoms with van der Waals surface area (Å²) in [5, 5.41) is 0. The van der Waals surface area contributed by atoms with E-state index in [1.807, 2.05) is 0 Å². The molecule has 0 aromatic heterocycles. The Morgan fingerprint density at radius 1 is 1.31 bits per heavy atom. The highest BCUT2D eigenvalue weighted by molar-refractivity contribution is 7.49. The molecular weight excluding hydrogens is 214 g/mol.